The zero-order valence-corrected chi connectivity index (χ0v) is 25.9. The third kappa shape index (κ3) is 4.33. The average molecular weight is 634 g/mol. The number of para-hydroxylation sites is 1. The van der Waals surface area contributed by atoms with Crippen molar-refractivity contribution in [3.63, 3.8) is 0 Å². The van der Waals surface area contributed by atoms with Gasteiger partial charge in [0.05, 0.1) is 15.1 Å². The third-order valence-electron chi connectivity index (χ3n) is 9.33. The Labute approximate surface area is 299 Å². The molecule has 0 bridgehead atoms. The highest BCUT2D eigenvalue weighted by atomic mass is 16.3. The molecule has 0 saturated heterocycles. The second kappa shape index (κ2) is 11.1. The highest BCUT2D eigenvalue weighted by Gasteiger charge is 2.21. The molecule has 49 heavy (non-hydrogen) atoms. The van der Waals surface area contributed by atoms with Crippen LogP contribution < -0.4 is 0 Å². The first kappa shape index (κ1) is 18.8. The topological polar surface area (TPSA) is 13.1 Å². The monoisotopic (exact) mass is 633 g/mol. The molecule has 1 nitrogen and oxygen atoms in total. The van der Waals surface area contributed by atoms with E-state index in [1.807, 2.05) is 60.7 Å². The van der Waals surface area contributed by atoms with E-state index in [9.17, 15) is 2.74 Å². The van der Waals surface area contributed by atoms with E-state index in [-0.39, 0.29) is 44.7 Å². The van der Waals surface area contributed by atoms with E-state index < -0.39 is 60.4 Å². The average Bonchev–Trinajstić information content (AvgIpc) is 3.67. The van der Waals surface area contributed by atoms with Crippen molar-refractivity contribution in [2.75, 3.05) is 0 Å². The molecule has 0 radical (unpaired) electrons. The molecule has 0 N–H and O–H groups in total. The minimum Gasteiger partial charge on any atom is -0.455 e. The summed E-state index contributed by atoms with van der Waals surface area (Å²) < 4.78 is 104. The molecule has 1 aromatic heterocycles. The van der Waals surface area contributed by atoms with Crippen LogP contribution in [0.4, 0.5) is 0 Å². The molecule has 9 aromatic carbocycles. The Morgan fingerprint density at radius 3 is 1.69 bits per heavy atom. The molecule has 10 rings (SSSR count). The zero-order valence-electron chi connectivity index (χ0n) is 36.9. The van der Waals surface area contributed by atoms with Gasteiger partial charge in [-0.25, -0.2) is 0 Å². The number of hydrogen-bond donors (Lipinski definition) is 0. The van der Waals surface area contributed by atoms with Crippen LogP contribution in [0.1, 0.15) is 15.1 Å². The number of furan rings is 1. The fourth-order valence-electron chi connectivity index (χ4n) is 7.22. The van der Waals surface area contributed by atoms with Crippen LogP contribution >= 0.6 is 0 Å². The minimum absolute atomic E-state index is 0.0504. The molecule has 0 aliphatic carbocycles. The van der Waals surface area contributed by atoms with Gasteiger partial charge < -0.3 is 4.42 Å². The lowest BCUT2D eigenvalue weighted by Crippen LogP contribution is -1.91. The molecule has 0 unspecified atom stereocenters. The van der Waals surface area contributed by atoms with Crippen molar-refractivity contribution in [1.82, 2.24) is 0 Å². The van der Waals surface area contributed by atoms with Crippen molar-refractivity contribution in [1.29, 1.82) is 0 Å². The van der Waals surface area contributed by atoms with Crippen molar-refractivity contribution in [3.05, 3.63) is 182 Å². The molecule has 1 heterocycles. The molecule has 0 aliphatic rings. The van der Waals surface area contributed by atoms with Crippen LogP contribution in [-0.2, 0) is 0 Å². The standard InChI is InChI=1S/C48H30O/c1-2-13-32(14-3-1)37-23-12-26-44-47(37)43-25-11-24-42(48(43)49-44)46-40-20-8-6-18-38(40)45(39-19-7-9-21-41(39)46)34-29-27-33(28-30-34)36-22-10-16-31-15-4-5-17-35(31)36/h1-30H/i1D,2D,3D,11D,12D,13D,14D,23D,24D,25D,26D. The van der Waals surface area contributed by atoms with Gasteiger partial charge in [0.1, 0.15) is 11.2 Å². The van der Waals surface area contributed by atoms with Gasteiger partial charge in [0.25, 0.3) is 0 Å². The Bertz CT molecular complexity index is 3410. The fraction of sp³-hybridized carbons (Fsp3) is 0. The minimum atomic E-state index is -0.657. The summed E-state index contributed by atoms with van der Waals surface area (Å²) in [5, 5.41) is 5.26. The Morgan fingerprint density at radius 2 is 0.959 bits per heavy atom. The predicted molar refractivity (Wildman–Crippen MR) is 208 cm³/mol. The molecule has 228 valence electrons. The van der Waals surface area contributed by atoms with Crippen LogP contribution in [0.25, 0.3) is 98.8 Å². The molecular weight excluding hydrogens is 593 g/mol. The smallest absolute Gasteiger partial charge is 0.143 e. The van der Waals surface area contributed by atoms with E-state index in [0.29, 0.717) is 5.56 Å². The van der Waals surface area contributed by atoms with Gasteiger partial charge in [-0.2, -0.15) is 0 Å². The summed E-state index contributed by atoms with van der Waals surface area (Å²) in [5.41, 5.74) is 3.78. The summed E-state index contributed by atoms with van der Waals surface area (Å²) in [6, 6.07) is 32.3. The van der Waals surface area contributed by atoms with Crippen LogP contribution in [0, 0.1) is 0 Å². The quantitative estimate of drug-likeness (QED) is 0.176. The predicted octanol–water partition coefficient (Wildman–Crippen LogP) is 13.7. The lowest BCUT2D eigenvalue weighted by molar-refractivity contribution is 0.670. The van der Waals surface area contributed by atoms with Crippen molar-refractivity contribution < 1.29 is 19.5 Å². The first-order valence-corrected chi connectivity index (χ1v) is 16.0. The first-order valence-electron chi connectivity index (χ1n) is 21.5. The Morgan fingerprint density at radius 1 is 0.367 bits per heavy atom. The second-order valence-electron chi connectivity index (χ2n) is 12.0. The van der Waals surface area contributed by atoms with Crippen molar-refractivity contribution in [2.45, 2.75) is 0 Å². The van der Waals surface area contributed by atoms with E-state index in [1.54, 1.807) is 0 Å². The van der Waals surface area contributed by atoms with Gasteiger partial charge in [0.15, 0.2) is 0 Å². The normalized spacial score (nSPS) is 14.8. The summed E-state index contributed by atoms with van der Waals surface area (Å²) in [5.74, 6) is 0. The fourth-order valence-corrected chi connectivity index (χ4v) is 7.22. The number of fused-ring (bicyclic) bond motifs is 6. The molecule has 1 heteroatoms. The summed E-state index contributed by atoms with van der Waals surface area (Å²) in [4.78, 5) is 0. The maximum atomic E-state index is 9.45. The van der Waals surface area contributed by atoms with Gasteiger partial charge in [-0.15, -0.1) is 0 Å². The zero-order chi connectivity index (χ0) is 41.9. The van der Waals surface area contributed by atoms with Gasteiger partial charge in [0, 0.05) is 21.9 Å². The molecule has 0 saturated carbocycles. The van der Waals surface area contributed by atoms with Gasteiger partial charge in [-0.1, -0.05) is 176 Å². The van der Waals surface area contributed by atoms with Gasteiger partial charge in [0.2, 0.25) is 0 Å². The van der Waals surface area contributed by atoms with E-state index in [4.69, 9.17) is 16.8 Å². The SMILES string of the molecule is [2H]c1c([2H])c([2H])c(-c2c([2H])c([2H])c([2H])c3oc4c(-c5c6ccccc6c(-c6ccc(-c7cccc8ccccc78)cc6)c6ccccc56)c([2H])c([2H])c([2H])c4c23)c([2H])c1[2H]. The van der Waals surface area contributed by atoms with E-state index in [0.717, 1.165) is 54.6 Å². The molecular formula is C48H30O. The molecule has 0 spiro atoms. The summed E-state index contributed by atoms with van der Waals surface area (Å²) >= 11 is 0. The molecule has 10 aromatic rings. The number of hydrogen-bond acceptors (Lipinski definition) is 1. The van der Waals surface area contributed by atoms with Crippen LogP contribution in [0.3, 0.4) is 0 Å². The van der Waals surface area contributed by atoms with E-state index >= 15 is 0 Å². The molecule has 0 atom stereocenters. The maximum absolute atomic E-state index is 9.45. The number of rotatable bonds is 4. The van der Waals surface area contributed by atoms with Crippen LogP contribution in [0.5, 0.6) is 0 Å². The largest absolute Gasteiger partial charge is 0.455 e. The van der Waals surface area contributed by atoms with Gasteiger partial charge in [-0.05, 0) is 71.7 Å². The van der Waals surface area contributed by atoms with E-state index in [2.05, 4.69) is 54.6 Å². The Kier molecular flexibility index (Phi) is 4.25. The summed E-state index contributed by atoms with van der Waals surface area (Å²) in [6.45, 7) is 0. The second-order valence-corrected chi connectivity index (χ2v) is 12.0. The van der Waals surface area contributed by atoms with Crippen molar-refractivity contribution in [2.24, 2.45) is 0 Å². The van der Waals surface area contributed by atoms with Crippen molar-refractivity contribution >= 4 is 54.3 Å². The third-order valence-corrected chi connectivity index (χ3v) is 9.33. The molecule has 0 fully saturated rings. The highest BCUT2D eigenvalue weighted by molar-refractivity contribution is 6.25. The van der Waals surface area contributed by atoms with Crippen molar-refractivity contribution in [3.8, 4) is 44.5 Å². The maximum Gasteiger partial charge on any atom is 0.143 e. The van der Waals surface area contributed by atoms with Gasteiger partial charge in [-0.3, -0.25) is 0 Å². The summed E-state index contributed by atoms with van der Waals surface area (Å²) in [6.07, 6.45) is 0. The Hall–Kier alpha value is -6.44. The first-order chi connectivity index (χ1) is 28.9. The Balaban J connectivity index is 1.30. The highest BCUT2D eigenvalue weighted by Crippen LogP contribution is 2.47. The van der Waals surface area contributed by atoms with Crippen LogP contribution in [0.15, 0.2) is 186 Å². The lowest BCUT2D eigenvalue weighted by atomic mass is 9.85. The van der Waals surface area contributed by atoms with Crippen LogP contribution in [-0.4, -0.2) is 0 Å². The molecule has 0 aliphatic heterocycles. The number of benzene rings is 9. The van der Waals surface area contributed by atoms with E-state index in [1.165, 1.54) is 0 Å². The van der Waals surface area contributed by atoms with Gasteiger partial charge >= 0.3 is 0 Å². The van der Waals surface area contributed by atoms with Crippen LogP contribution in [0.2, 0.25) is 0 Å². The lowest BCUT2D eigenvalue weighted by Gasteiger charge is -2.18. The summed E-state index contributed by atoms with van der Waals surface area (Å²) in [7, 11) is 0. The molecule has 0 amide bonds.